The van der Waals surface area contributed by atoms with E-state index in [9.17, 15) is 12.8 Å². The maximum absolute atomic E-state index is 13.6. The average molecular weight is 533 g/mol. The molecule has 2 N–H and O–H groups in total. The monoisotopic (exact) mass is 532 g/mol. The van der Waals surface area contributed by atoms with Crippen LogP contribution < -0.4 is 5.32 Å². The number of anilines is 2. The van der Waals surface area contributed by atoms with Crippen molar-refractivity contribution in [2.24, 2.45) is 5.92 Å². The van der Waals surface area contributed by atoms with Gasteiger partial charge in [0.05, 0.1) is 0 Å². The number of hydrogen-bond acceptors (Lipinski definition) is 4. The van der Waals surface area contributed by atoms with Crippen LogP contribution in [0.5, 0.6) is 0 Å². The third-order valence-electron chi connectivity index (χ3n) is 8.65. The van der Waals surface area contributed by atoms with Crippen LogP contribution in [-0.2, 0) is 15.6 Å². The van der Waals surface area contributed by atoms with E-state index in [2.05, 4.69) is 30.4 Å². The molecule has 0 spiro atoms. The average Bonchev–Trinajstić information content (AvgIpc) is 3.39. The smallest absolute Gasteiger partial charge is 0.282 e. The van der Waals surface area contributed by atoms with Gasteiger partial charge >= 0.3 is 0 Å². The van der Waals surface area contributed by atoms with Gasteiger partial charge in [0.25, 0.3) is 10.2 Å². The van der Waals surface area contributed by atoms with Gasteiger partial charge in [-0.2, -0.15) is 17.0 Å². The summed E-state index contributed by atoms with van der Waals surface area (Å²) in [5.41, 5.74) is 5.30. The Morgan fingerprint density at radius 2 is 1.71 bits per heavy atom. The lowest BCUT2D eigenvalue weighted by molar-refractivity contribution is 0.306. The molecule has 0 aromatic heterocycles. The first-order valence-electron chi connectivity index (χ1n) is 13.3. The maximum Gasteiger partial charge on any atom is 0.282 e. The molecular weight excluding hydrogens is 499 g/mol. The van der Waals surface area contributed by atoms with E-state index in [1.807, 2.05) is 24.3 Å². The lowest BCUT2D eigenvalue weighted by Crippen LogP contribution is -2.46. The highest BCUT2D eigenvalue weighted by Crippen LogP contribution is 2.70. The number of rotatable bonds is 7. The Morgan fingerprint density at radius 3 is 2.39 bits per heavy atom. The first-order valence-corrected chi connectivity index (χ1v) is 14.7. The molecule has 0 bridgehead atoms. The van der Waals surface area contributed by atoms with Crippen LogP contribution in [0, 0.1) is 24.1 Å². The fourth-order valence-electron chi connectivity index (χ4n) is 6.80. The van der Waals surface area contributed by atoms with Crippen molar-refractivity contribution >= 4 is 27.8 Å². The largest absolute Gasteiger partial charge is 0.355 e. The second-order valence-corrected chi connectivity index (χ2v) is 12.8. The molecule has 198 valence electrons. The topological polar surface area (TPSA) is 76.5 Å². The van der Waals surface area contributed by atoms with E-state index in [4.69, 9.17) is 5.41 Å². The Kier molecular flexibility index (Phi) is 6.37. The maximum atomic E-state index is 13.6. The third-order valence-corrected chi connectivity index (χ3v) is 10.6. The van der Waals surface area contributed by atoms with E-state index in [0.29, 0.717) is 26.2 Å². The molecule has 6 rings (SSSR count). The SMILES string of the molecule is Cc1cc(Nc2ccc(F)cc2)c(C=N)cc1[C@]12CN(S(=O)(=O)N3CCCCC3)C[C@H]1[C@@H]2c1ccccc1. The molecule has 2 aliphatic heterocycles. The minimum Gasteiger partial charge on any atom is -0.355 e. The number of hydrogen-bond donors (Lipinski definition) is 2. The van der Waals surface area contributed by atoms with Gasteiger partial charge in [-0.1, -0.05) is 36.8 Å². The van der Waals surface area contributed by atoms with Crippen molar-refractivity contribution in [1.82, 2.24) is 8.61 Å². The summed E-state index contributed by atoms with van der Waals surface area (Å²) >= 11 is 0. The number of halogens is 1. The van der Waals surface area contributed by atoms with Gasteiger partial charge in [0, 0.05) is 60.7 Å². The zero-order chi connectivity index (χ0) is 26.5. The fourth-order valence-corrected chi connectivity index (χ4v) is 8.57. The number of nitrogens with zero attached hydrogens (tertiary/aromatic N) is 2. The van der Waals surface area contributed by atoms with Gasteiger partial charge in [0.15, 0.2) is 0 Å². The minimum atomic E-state index is -3.52. The lowest BCUT2D eigenvalue weighted by Gasteiger charge is -2.32. The van der Waals surface area contributed by atoms with Gasteiger partial charge in [-0.15, -0.1) is 0 Å². The predicted molar refractivity (Wildman–Crippen MR) is 149 cm³/mol. The first-order chi connectivity index (χ1) is 18.3. The van der Waals surface area contributed by atoms with E-state index >= 15 is 0 Å². The summed E-state index contributed by atoms with van der Waals surface area (Å²) in [4.78, 5) is 0. The summed E-state index contributed by atoms with van der Waals surface area (Å²) in [5, 5.41) is 11.5. The van der Waals surface area contributed by atoms with Crippen LogP contribution in [0.2, 0.25) is 0 Å². The van der Waals surface area contributed by atoms with Crippen molar-refractivity contribution in [2.45, 2.75) is 37.5 Å². The predicted octanol–water partition coefficient (Wildman–Crippen LogP) is 5.57. The van der Waals surface area contributed by atoms with E-state index < -0.39 is 10.2 Å². The molecule has 0 radical (unpaired) electrons. The first kappa shape index (κ1) is 25.2. The normalized spacial score (nSPS) is 25.6. The number of fused-ring (bicyclic) bond motifs is 1. The second-order valence-electron chi connectivity index (χ2n) is 10.8. The molecule has 3 aromatic rings. The quantitative estimate of drug-likeness (QED) is 0.391. The standard InChI is InChI=1S/C30H33FN4O2S/c1-21-16-28(33-25-12-10-24(31)11-13-25)23(18-32)17-26(21)30-20-35(38(36,37)34-14-6-3-7-15-34)19-27(30)29(30)22-8-4-2-5-9-22/h2,4-5,8-13,16-18,27,29,32-33H,3,6-7,14-15,19-20H2,1H3/t27-,29-,30+/m0/s1. The van der Waals surface area contributed by atoms with Gasteiger partial charge < -0.3 is 10.7 Å². The van der Waals surface area contributed by atoms with Crippen LogP contribution in [0.3, 0.4) is 0 Å². The van der Waals surface area contributed by atoms with E-state index in [-0.39, 0.29) is 23.1 Å². The van der Waals surface area contributed by atoms with Crippen molar-refractivity contribution in [3.8, 4) is 0 Å². The summed E-state index contributed by atoms with van der Waals surface area (Å²) in [6, 6.07) is 20.6. The molecule has 0 unspecified atom stereocenters. The van der Waals surface area contributed by atoms with E-state index in [1.165, 1.54) is 23.9 Å². The summed E-state index contributed by atoms with van der Waals surface area (Å²) in [7, 11) is -3.52. The third kappa shape index (κ3) is 4.15. The Labute approximate surface area is 224 Å². The highest BCUT2D eigenvalue weighted by Gasteiger charge is 2.71. The minimum absolute atomic E-state index is 0.178. The van der Waals surface area contributed by atoms with Crippen LogP contribution in [0.15, 0.2) is 66.7 Å². The van der Waals surface area contributed by atoms with Gasteiger partial charge in [0.2, 0.25) is 0 Å². The summed E-state index contributed by atoms with van der Waals surface area (Å²) in [6.45, 7) is 4.21. The molecule has 6 nitrogen and oxygen atoms in total. The van der Waals surface area contributed by atoms with Crippen LogP contribution in [0.4, 0.5) is 15.8 Å². The van der Waals surface area contributed by atoms with Crippen molar-refractivity contribution in [1.29, 1.82) is 5.41 Å². The van der Waals surface area contributed by atoms with E-state index in [0.717, 1.165) is 47.3 Å². The molecule has 3 atom stereocenters. The van der Waals surface area contributed by atoms with Gasteiger partial charge in [-0.05, 0) is 78.8 Å². The van der Waals surface area contributed by atoms with E-state index in [1.54, 1.807) is 20.7 Å². The molecule has 1 aliphatic carbocycles. The number of piperidine rings is 2. The zero-order valence-electron chi connectivity index (χ0n) is 21.5. The zero-order valence-corrected chi connectivity index (χ0v) is 22.3. The highest BCUT2D eigenvalue weighted by atomic mass is 32.2. The Hall–Kier alpha value is -3.07. The van der Waals surface area contributed by atoms with Crippen molar-refractivity contribution in [2.75, 3.05) is 31.5 Å². The summed E-state index contributed by atoms with van der Waals surface area (Å²) < 4.78 is 44.1. The molecule has 1 saturated carbocycles. The van der Waals surface area contributed by atoms with Crippen molar-refractivity contribution in [3.63, 3.8) is 0 Å². The Morgan fingerprint density at radius 1 is 1.00 bits per heavy atom. The molecule has 8 heteroatoms. The van der Waals surface area contributed by atoms with Crippen LogP contribution in [-0.4, -0.2) is 49.4 Å². The summed E-state index contributed by atoms with van der Waals surface area (Å²) in [5.74, 6) is 0.104. The second kappa shape index (κ2) is 9.59. The molecule has 3 aliphatic rings. The molecule has 0 amide bonds. The number of aryl methyl sites for hydroxylation is 1. The molecule has 3 fully saturated rings. The van der Waals surface area contributed by atoms with Crippen LogP contribution >= 0.6 is 0 Å². The van der Waals surface area contributed by atoms with Crippen LogP contribution in [0.1, 0.15) is 47.4 Å². The lowest BCUT2D eigenvalue weighted by atomic mass is 9.86. The highest BCUT2D eigenvalue weighted by molar-refractivity contribution is 7.86. The van der Waals surface area contributed by atoms with Crippen molar-refractivity contribution < 1.29 is 12.8 Å². The van der Waals surface area contributed by atoms with Gasteiger partial charge in [-0.25, -0.2) is 4.39 Å². The fraction of sp³-hybridized carbons (Fsp3) is 0.367. The number of benzene rings is 3. The number of nitrogens with one attached hydrogen (secondary N) is 2. The molecule has 2 heterocycles. The van der Waals surface area contributed by atoms with Gasteiger partial charge in [-0.3, -0.25) is 0 Å². The Balaban J connectivity index is 1.38. The summed E-state index contributed by atoms with van der Waals surface area (Å²) in [6.07, 6.45) is 4.24. The molecule has 38 heavy (non-hydrogen) atoms. The molecular formula is C30H33FN4O2S. The van der Waals surface area contributed by atoms with Gasteiger partial charge in [0.1, 0.15) is 5.82 Å². The molecule has 3 aromatic carbocycles. The Bertz CT molecular complexity index is 1460. The van der Waals surface area contributed by atoms with Crippen LogP contribution in [0.25, 0.3) is 0 Å². The molecule has 2 saturated heterocycles. The van der Waals surface area contributed by atoms with Crippen molar-refractivity contribution in [3.05, 3.63) is 94.8 Å².